The number of benzene rings is 3. The summed E-state index contributed by atoms with van der Waals surface area (Å²) in [5, 5.41) is 1.09. The van der Waals surface area contributed by atoms with Gasteiger partial charge >= 0.3 is 0 Å². The summed E-state index contributed by atoms with van der Waals surface area (Å²) in [6.07, 6.45) is 0. The van der Waals surface area contributed by atoms with E-state index in [0.29, 0.717) is 49.4 Å². The van der Waals surface area contributed by atoms with Gasteiger partial charge in [-0.05, 0) is 42.0 Å². The first kappa shape index (κ1) is 22.8. The highest BCUT2D eigenvalue weighted by atomic mass is 35.5. The van der Waals surface area contributed by atoms with Crippen molar-refractivity contribution in [2.75, 3.05) is 48.7 Å². The van der Waals surface area contributed by atoms with Crippen LogP contribution in [0.1, 0.15) is 11.3 Å². The van der Waals surface area contributed by atoms with Crippen LogP contribution >= 0.6 is 30.6 Å². The van der Waals surface area contributed by atoms with Gasteiger partial charge in [-0.25, -0.2) is 0 Å². The van der Waals surface area contributed by atoms with Crippen LogP contribution in [0.5, 0.6) is 0 Å². The van der Waals surface area contributed by atoms with Crippen LogP contribution in [0, 0.1) is 0 Å². The average Bonchev–Trinajstić information content (AvgIpc) is 3.20. The lowest BCUT2D eigenvalue weighted by atomic mass is 10.2. The van der Waals surface area contributed by atoms with E-state index in [0.717, 1.165) is 16.9 Å². The van der Waals surface area contributed by atoms with E-state index in [1.165, 1.54) is 0 Å². The van der Waals surface area contributed by atoms with E-state index in [4.69, 9.17) is 27.9 Å². The molecule has 5 nitrogen and oxygen atoms in total. The number of anilines is 2. The maximum absolute atomic E-state index is 15.6. The van der Waals surface area contributed by atoms with E-state index >= 15 is 4.57 Å². The molecule has 0 amide bonds. The summed E-state index contributed by atoms with van der Waals surface area (Å²) in [5.74, 6) is -0.436. The first-order valence-corrected chi connectivity index (χ1v) is 13.6. The van der Waals surface area contributed by atoms with Crippen LogP contribution in [0.2, 0.25) is 10.0 Å². The summed E-state index contributed by atoms with van der Waals surface area (Å²) in [4.78, 5) is 2.26. The highest BCUT2D eigenvalue weighted by Crippen LogP contribution is 2.70. The van der Waals surface area contributed by atoms with E-state index in [2.05, 4.69) is 14.2 Å². The van der Waals surface area contributed by atoms with Crippen LogP contribution in [-0.4, -0.2) is 44.3 Å². The number of rotatable bonds is 5. The van der Waals surface area contributed by atoms with Crippen LogP contribution in [0.3, 0.4) is 0 Å². The number of nitrogens with zero attached hydrogens (tertiary/aromatic N) is 3. The summed E-state index contributed by atoms with van der Waals surface area (Å²) in [6, 6.07) is 25.5. The molecule has 0 bridgehead atoms. The van der Waals surface area contributed by atoms with Crippen LogP contribution in [0.4, 0.5) is 11.4 Å². The molecule has 0 aromatic heterocycles. The molecule has 5 rings (SSSR count). The summed E-state index contributed by atoms with van der Waals surface area (Å²) in [6.45, 7) is 3.86. The smallest absolute Gasteiger partial charge is 0.284 e. The average molecular weight is 502 g/mol. The van der Waals surface area contributed by atoms with Gasteiger partial charge in [-0.15, -0.1) is 0 Å². The Morgan fingerprint density at radius 2 is 1.30 bits per heavy atom. The van der Waals surface area contributed by atoms with Gasteiger partial charge in [0.1, 0.15) is 5.78 Å². The van der Waals surface area contributed by atoms with E-state index in [9.17, 15) is 0 Å². The molecule has 3 aromatic rings. The van der Waals surface area contributed by atoms with Crippen molar-refractivity contribution in [2.24, 2.45) is 0 Å². The third-order valence-corrected chi connectivity index (χ3v) is 10.3. The molecule has 2 heterocycles. The lowest BCUT2D eigenvalue weighted by Crippen LogP contribution is -2.42. The molecule has 0 N–H and O–H groups in total. The van der Waals surface area contributed by atoms with E-state index in [1.807, 2.05) is 72.8 Å². The molecule has 2 aliphatic rings. The van der Waals surface area contributed by atoms with Crippen LogP contribution < -0.4 is 9.34 Å². The van der Waals surface area contributed by atoms with Gasteiger partial charge < -0.3 is 14.1 Å². The zero-order chi connectivity index (χ0) is 22.8. The van der Waals surface area contributed by atoms with E-state index < -0.39 is 13.2 Å². The van der Waals surface area contributed by atoms with Crippen molar-refractivity contribution in [3.8, 4) is 0 Å². The van der Waals surface area contributed by atoms with Gasteiger partial charge in [0.2, 0.25) is 0 Å². The van der Waals surface area contributed by atoms with Crippen molar-refractivity contribution in [1.29, 1.82) is 0 Å². The quantitative estimate of drug-likeness (QED) is 0.370. The minimum absolute atomic E-state index is 0.436. The lowest BCUT2D eigenvalue weighted by molar-refractivity contribution is 0.0303. The Bertz CT molecular complexity index is 1090. The number of morpholine rings is 1. The summed E-state index contributed by atoms with van der Waals surface area (Å²) < 4.78 is 25.4. The fourth-order valence-corrected chi connectivity index (χ4v) is 9.08. The van der Waals surface area contributed by atoms with Gasteiger partial charge in [-0.3, -0.25) is 9.46 Å². The van der Waals surface area contributed by atoms with Crippen LogP contribution in [-0.2, 0) is 9.30 Å². The number of halogens is 2. The molecule has 3 aromatic carbocycles. The number of para-hydroxylation sites is 2. The molecule has 2 fully saturated rings. The Labute approximate surface area is 204 Å². The zero-order valence-electron chi connectivity index (χ0n) is 18.2. The predicted octanol–water partition coefficient (Wildman–Crippen LogP) is 6.54. The fourth-order valence-electron chi connectivity index (χ4n) is 4.78. The molecular weight excluding hydrogens is 476 g/mol. The minimum atomic E-state index is -3.27. The molecule has 8 heteroatoms. The molecule has 1 atom stereocenters. The van der Waals surface area contributed by atoms with Crippen LogP contribution in [0.15, 0.2) is 78.9 Å². The van der Waals surface area contributed by atoms with Gasteiger partial charge in [0.05, 0.1) is 13.2 Å². The van der Waals surface area contributed by atoms with Crippen molar-refractivity contribution >= 4 is 42.0 Å². The zero-order valence-corrected chi connectivity index (χ0v) is 20.6. The second-order valence-electron chi connectivity index (χ2n) is 8.19. The fraction of sp³-hybridized carbons (Fsp3) is 0.280. The summed E-state index contributed by atoms with van der Waals surface area (Å²) in [5.41, 5.74) is 2.72. The second kappa shape index (κ2) is 9.69. The van der Waals surface area contributed by atoms with E-state index in [1.54, 1.807) is 6.07 Å². The SMILES string of the molecule is O=P1(C(c2ccc(Cl)cc2Cl)N2CCOCC2)N(c2ccccc2)CCN1c1ccccc1. The maximum atomic E-state index is 15.6. The Kier molecular flexibility index (Phi) is 6.69. The number of ether oxygens (including phenoxy) is 1. The number of hydrogen-bond donors (Lipinski definition) is 0. The molecule has 0 aliphatic carbocycles. The normalized spacial score (nSPS) is 19.6. The standard InChI is InChI=1S/C25H26Cl2N3O2P/c26-20-11-12-23(24(27)19-20)25(28-15-17-32-18-16-28)33(31)29(21-7-3-1-4-8-21)13-14-30(33)22-9-5-2-6-10-22/h1-12,19,25H,13-18H2. The minimum Gasteiger partial charge on any atom is -0.379 e. The van der Waals surface area contributed by atoms with Crippen molar-refractivity contribution in [1.82, 2.24) is 4.90 Å². The predicted molar refractivity (Wildman–Crippen MR) is 137 cm³/mol. The van der Waals surface area contributed by atoms with Gasteiger partial charge in [0.15, 0.2) is 0 Å². The molecule has 0 radical (unpaired) electrons. The molecule has 1 unspecified atom stereocenters. The van der Waals surface area contributed by atoms with Gasteiger partial charge in [0, 0.05) is 47.6 Å². The highest BCUT2D eigenvalue weighted by molar-refractivity contribution is 7.67. The Balaban J connectivity index is 1.71. The molecule has 33 heavy (non-hydrogen) atoms. The van der Waals surface area contributed by atoms with Gasteiger partial charge in [0.25, 0.3) is 7.44 Å². The molecule has 2 aliphatic heterocycles. The topological polar surface area (TPSA) is 36.0 Å². The van der Waals surface area contributed by atoms with Crippen molar-refractivity contribution in [2.45, 2.75) is 5.78 Å². The first-order valence-electron chi connectivity index (χ1n) is 11.1. The molecule has 0 saturated carbocycles. The highest BCUT2D eigenvalue weighted by Gasteiger charge is 2.52. The Morgan fingerprint density at radius 3 is 1.82 bits per heavy atom. The third-order valence-electron chi connectivity index (χ3n) is 6.27. The first-order chi connectivity index (χ1) is 16.1. The monoisotopic (exact) mass is 501 g/mol. The molecule has 0 spiro atoms. The summed E-state index contributed by atoms with van der Waals surface area (Å²) in [7, 11) is -3.27. The molecule has 172 valence electrons. The Hall–Kier alpha value is -2.01. The number of hydrogen-bond acceptors (Lipinski definition) is 3. The van der Waals surface area contributed by atoms with Gasteiger partial charge in [-0.1, -0.05) is 65.7 Å². The summed E-state index contributed by atoms with van der Waals surface area (Å²) >= 11 is 13.0. The van der Waals surface area contributed by atoms with Crippen LogP contribution in [0.25, 0.3) is 0 Å². The molecular formula is C25H26Cl2N3O2P. The maximum Gasteiger partial charge on any atom is 0.284 e. The van der Waals surface area contributed by atoms with Crippen molar-refractivity contribution in [3.05, 3.63) is 94.5 Å². The second-order valence-corrected chi connectivity index (χ2v) is 11.7. The van der Waals surface area contributed by atoms with Crippen molar-refractivity contribution in [3.63, 3.8) is 0 Å². The van der Waals surface area contributed by atoms with Crippen molar-refractivity contribution < 1.29 is 9.30 Å². The Morgan fingerprint density at radius 1 is 0.758 bits per heavy atom. The third kappa shape index (κ3) is 4.29. The van der Waals surface area contributed by atoms with Gasteiger partial charge in [-0.2, -0.15) is 0 Å². The lowest BCUT2D eigenvalue weighted by Gasteiger charge is -2.44. The van der Waals surface area contributed by atoms with E-state index in [-0.39, 0.29) is 0 Å². The largest absolute Gasteiger partial charge is 0.379 e. The molecule has 2 saturated heterocycles.